The Kier molecular flexibility index (Phi) is 5.79. The first kappa shape index (κ1) is 19.0. The van der Waals surface area contributed by atoms with Crippen LogP contribution in [0.1, 0.15) is 27.0 Å². The highest BCUT2D eigenvalue weighted by atomic mass is 16.5. The number of rotatable bonds is 4. The molecular formula is C22H26N2O3. The van der Waals surface area contributed by atoms with Gasteiger partial charge in [-0.25, -0.2) is 0 Å². The van der Waals surface area contributed by atoms with E-state index in [1.165, 1.54) is 5.56 Å². The zero-order valence-electron chi connectivity index (χ0n) is 16.2. The van der Waals surface area contributed by atoms with Crippen molar-refractivity contribution in [3.05, 3.63) is 64.7 Å². The Hall–Kier alpha value is -2.82. The number of aryl methyl sites for hydroxylation is 3. The molecule has 1 saturated heterocycles. The van der Waals surface area contributed by atoms with Crippen LogP contribution in [0.25, 0.3) is 0 Å². The summed E-state index contributed by atoms with van der Waals surface area (Å²) in [7, 11) is 0. The minimum Gasteiger partial charge on any atom is -0.484 e. The predicted molar refractivity (Wildman–Crippen MR) is 105 cm³/mol. The molecule has 0 N–H and O–H groups in total. The molecular weight excluding hydrogens is 340 g/mol. The zero-order chi connectivity index (χ0) is 19.4. The van der Waals surface area contributed by atoms with E-state index in [9.17, 15) is 9.59 Å². The molecule has 2 amide bonds. The van der Waals surface area contributed by atoms with Crippen LogP contribution in [0.2, 0.25) is 0 Å². The van der Waals surface area contributed by atoms with Crippen molar-refractivity contribution in [1.29, 1.82) is 0 Å². The monoisotopic (exact) mass is 366 g/mol. The summed E-state index contributed by atoms with van der Waals surface area (Å²) >= 11 is 0. The van der Waals surface area contributed by atoms with Crippen LogP contribution in [0, 0.1) is 20.8 Å². The molecule has 3 rings (SSSR count). The summed E-state index contributed by atoms with van der Waals surface area (Å²) < 4.78 is 5.64. The molecule has 2 aromatic rings. The van der Waals surface area contributed by atoms with Gasteiger partial charge in [0, 0.05) is 31.7 Å². The van der Waals surface area contributed by atoms with Gasteiger partial charge in [-0.1, -0.05) is 24.3 Å². The normalized spacial score (nSPS) is 14.2. The molecule has 27 heavy (non-hydrogen) atoms. The molecule has 0 aliphatic carbocycles. The Morgan fingerprint density at radius 2 is 1.52 bits per heavy atom. The average molecular weight is 366 g/mol. The highest BCUT2D eigenvalue weighted by molar-refractivity contribution is 5.95. The standard InChI is InChI=1S/C22H26N2O3/c1-16-8-9-19(14-18(16)3)27-15-21(25)23-10-12-24(13-11-23)22(26)20-7-5-4-6-17(20)2/h4-9,14H,10-13,15H2,1-3H3. The fourth-order valence-electron chi connectivity index (χ4n) is 3.18. The molecule has 0 atom stereocenters. The van der Waals surface area contributed by atoms with E-state index in [-0.39, 0.29) is 18.4 Å². The van der Waals surface area contributed by atoms with Crippen molar-refractivity contribution in [3.8, 4) is 5.75 Å². The largest absolute Gasteiger partial charge is 0.484 e. The Morgan fingerprint density at radius 1 is 0.852 bits per heavy atom. The van der Waals surface area contributed by atoms with Gasteiger partial charge in [-0.2, -0.15) is 0 Å². The van der Waals surface area contributed by atoms with E-state index >= 15 is 0 Å². The second-order valence-electron chi connectivity index (χ2n) is 7.02. The Labute approximate surface area is 160 Å². The summed E-state index contributed by atoms with van der Waals surface area (Å²) in [5, 5.41) is 0. The van der Waals surface area contributed by atoms with Crippen molar-refractivity contribution in [1.82, 2.24) is 9.80 Å². The molecule has 1 fully saturated rings. The van der Waals surface area contributed by atoms with Gasteiger partial charge in [0.2, 0.25) is 0 Å². The molecule has 1 aliphatic rings. The smallest absolute Gasteiger partial charge is 0.260 e. The molecule has 5 heteroatoms. The zero-order valence-corrected chi connectivity index (χ0v) is 16.2. The summed E-state index contributed by atoms with van der Waals surface area (Å²) in [4.78, 5) is 28.7. The first-order chi connectivity index (χ1) is 13.0. The third-order valence-corrected chi connectivity index (χ3v) is 5.14. The van der Waals surface area contributed by atoms with E-state index in [2.05, 4.69) is 0 Å². The van der Waals surface area contributed by atoms with Crippen molar-refractivity contribution in [2.24, 2.45) is 0 Å². The molecule has 2 aromatic carbocycles. The molecule has 0 saturated carbocycles. The van der Waals surface area contributed by atoms with E-state index in [1.54, 1.807) is 4.90 Å². The van der Waals surface area contributed by atoms with E-state index in [0.717, 1.165) is 16.7 Å². The highest BCUT2D eigenvalue weighted by Gasteiger charge is 2.25. The first-order valence-corrected chi connectivity index (χ1v) is 9.28. The maximum atomic E-state index is 12.7. The fraction of sp³-hybridized carbons (Fsp3) is 0.364. The number of nitrogens with zero attached hydrogens (tertiary/aromatic N) is 2. The lowest BCUT2D eigenvalue weighted by Gasteiger charge is -2.35. The quantitative estimate of drug-likeness (QED) is 0.836. The van der Waals surface area contributed by atoms with Gasteiger partial charge >= 0.3 is 0 Å². The van der Waals surface area contributed by atoms with Gasteiger partial charge in [0.05, 0.1) is 0 Å². The second kappa shape index (κ2) is 8.25. The molecule has 1 aliphatic heterocycles. The molecule has 0 aromatic heterocycles. The summed E-state index contributed by atoms with van der Waals surface area (Å²) in [6, 6.07) is 13.4. The lowest BCUT2D eigenvalue weighted by atomic mass is 10.1. The molecule has 142 valence electrons. The molecule has 5 nitrogen and oxygen atoms in total. The first-order valence-electron chi connectivity index (χ1n) is 9.28. The van der Waals surface area contributed by atoms with Crippen molar-refractivity contribution >= 4 is 11.8 Å². The number of carbonyl (C=O) groups is 2. The second-order valence-corrected chi connectivity index (χ2v) is 7.02. The lowest BCUT2D eigenvalue weighted by molar-refractivity contribution is -0.134. The van der Waals surface area contributed by atoms with E-state index in [0.29, 0.717) is 31.9 Å². The topological polar surface area (TPSA) is 49.9 Å². The van der Waals surface area contributed by atoms with Crippen LogP contribution < -0.4 is 4.74 Å². The summed E-state index contributed by atoms with van der Waals surface area (Å²) in [5.41, 5.74) is 4.05. The average Bonchev–Trinajstić information content (AvgIpc) is 2.68. The Balaban J connectivity index is 1.51. The third-order valence-electron chi connectivity index (χ3n) is 5.14. The van der Waals surface area contributed by atoms with Crippen LogP contribution in [-0.2, 0) is 4.79 Å². The van der Waals surface area contributed by atoms with Gasteiger partial charge in [-0.15, -0.1) is 0 Å². The maximum absolute atomic E-state index is 12.7. The van der Waals surface area contributed by atoms with Crippen LogP contribution in [0.5, 0.6) is 5.75 Å². The number of benzene rings is 2. The van der Waals surface area contributed by atoms with E-state index in [1.807, 2.05) is 68.1 Å². The Bertz CT molecular complexity index is 839. The summed E-state index contributed by atoms with van der Waals surface area (Å²) in [6.45, 7) is 8.19. The molecule has 0 spiro atoms. The number of hydrogen-bond acceptors (Lipinski definition) is 3. The molecule has 0 radical (unpaired) electrons. The predicted octanol–water partition coefficient (Wildman–Crippen LogP) is 2.98. The number of hydrogen-bond donors (Lipinski definition) is 0. The van der Waals surface area contributed by atoms with Crippen molar-refractivity contribution in [2.75, 3.05) is 32.8 Å². The van der Waals surface area contributed by atoms with Gasteiger partial charge in [-0.05, 0) is 55.7 Å². The summed E-state index contributed by atoms with van der Waals surface area (Å²) in [6.07, 6.45) is 0. The SMILES string of the molecule is Cc1ccc(OCC(=O)N2CCN(C(=O)c3ccccc3C)CC2)cc1C. The fourth-order valence-corrected chi connectivity index (χ4v) is 3.18. The maximum Gasteiger partial charge on any atom is 0.260 e. The lowest BCUT2D eigenvalue weighted by Crippen LogP contribution is -2.51. The Morgan fingerprint density at radius 3 is 2.19 bits per heavy atom. The third kappa shape index (κ3) is 4.48. The van der Waals surface area contributed by atoms with Crippen LogP contribution >= 0.6 is 0 Å². The van der Waals surface area contributed by atoms with Gasteiger partial charge < -0.3 is 14.5 Å². The van der Waals surface area contributed by atoms with Crippen LogP contribution in [0.4, 0.5) is 0 Å². The van der Waals surface area contributed by atoms with Crippen molar-refractivity contribution in [3.63, 3.8) is 0 Å². The molecule has 1 heterocycles. The number of carbonyl (C=O) groups excluding carboxylic acids is 2. The van der Waals surface area contributed by atoms with Gasteiger partial charge in [-0.3, -0.25) is 9.59 Å². The van der Waals surface area contributed by atoms with E-state index < -0.39 is 0 Å². The minimum atomic E-state index is -0.0452. The summed E-state index contributed by atoms with van der Waals surface area (Å²) in [5.74, 6) is 0.697. The minimum absolute atomic E-state index is 0.0221. The van der Waals surface area contributed by atoms with Crippen LogP contribution in [0.3, 0.4) is 0 Å². The highest BCUT2D eigenvalue weighted by Crippen LogP contribution is 2.17. The van der Waals surface area contributed by atoms with Crippen molar-refractivity contribution in [2.45, 2.75) is 20.8 Å². The number of ether oxygens (including phenoxy) is 1. The van der Waals surface area contributed by atoms with Crippen molar-refractivity contribution < 1.29 is 14.3 Å². The van der Waals surface area contributed by atoms with Gasteiger partial charge in [0.1, 0.15) is 5.75 Å². The number of piperazine rings is 1. The molecule has 0 unspecified atom stereocenters. The molecule has 0 bridgehead atoms. The van der Waals surface area contributed by atoms with Gasteiger partial charge in [0.25, 0.3) is 11.8 Å². The number of amides is 2. The van der Waals surface area contributed by atoms with Crippen LogP contribution in [0.15, 0.2) is 42.5 Å². The van der Waals surface area contributed by atoms with Gasteiger partial charge in [0.15, 0.2) is 6.61 Å². The van der Waals surface area contributed by atoms with Crippen LogP contribution in [-0.4, -0.2) is 54.4 Å². The van der Waals surface area contributed by atoms with E-state index in [4.69, 9.17) is 4.74 Å².